The van der Waals surface area contributed by atoms with E-state index in [0.717, 1.165) is 49.6 Å². The summed E-state index contributed by atoms with van der Waals surface area (Å²) in [5.74, 6) is -0.478. The van der Waals surface area contributed by atoms with Crippen LogP contribution in [0.2, 0.25) is 0 Å². The number of methoxy groups -OCH3 is 1. The largest absolute Gasteiger partial charge is 0.497 e. The first-order chi connectivity index (χ1) is 14.1. The molecule has 1 saturated heterocycles. The lowest BCUT2D eigenvalue weighted by molar-refractivity contribution is -0.131. The third-order valence-electron chi connectivity index (χ3n) is 4.97. The molecule has 0 bridgehead atoms. The van der Waals surface area contributed by atoms with Crippen LogP contribution in [-0.2, 0) is 4.79 Å². The van der Waals surface area contributed by atoms with Gasteiger partial charge in [-0.05, 0) is 49.2 Å². The van der Waals surface area contributed by atoms with Gasteiger partial charge in [-0.15, -0.1) is 0 Å². The molecule has 0 spiro atoms. The summed E-state index contributed by atoms with van der Waals surface area (Å²) in [5, 5.41) is 0. The number of anilines is 1. The van der Waals surface area contributed by atoms with Crippen LogP contribution in [0, 0.1) is 11.6 Å². The number of hydrogen-bond acceptors (Lipinski definition) is 4. The van der Waals surface area contributed by atoms with Crippen LogP contribution >= 0.6 is 0 Å². The van der Waals surface area contributed by atoms with Crippen molar-refractivity contribution in [3.8, 4) is 11.5 Å². The minimum Gasteiger partial charge on any atom is -0.497 e. The van der Waals surface area contributed by atoms with E-state index in [1.54, 1.807) is 7.11 Å². The summed E-state index contributed by atoms with van der Waals surface area (Å²) in [5.41, 5.74) is 1.12. The Morgan fingerprint density at radius 3 is 2.55 bits per heavy atom. The maximum atomic E-state index is 13.5. The van der Waals surface area contributed by atoms with E-state index in [9.17, 15) is 13.6 Å². The zero-order chi connectivity index (χ0) is 20.6. The second-order valence-electron chi connectivity index (χ2n) is 6.95. The number of nitrogens with zero attached hydrogens (tertiary/aromatic N) is 2. The lowest BCUT2D eigenvalue weighted by Gasteiger charge is -2.24. The molecule has 7 heteroatoms. The molecule has 3 rings (SSSR count). The first kappa shape index (κ1) is 20.9. The van der Waals surface area contributed by atoms with Crippen LogP contribution in [-0.4, -0.2) is 50.7 Å². The van der Waals surface area contributed by atoms with Gasteiger partial charge in [-0.2, -0.15) is 0 Å². The molecular formula is C22H26F2N2O3. The van der Waals surface area contributed by atoms with Gasteiger partial charge in [0.05, 0.1) is 13.7 Å². The van der Waals surface area contributed by atoms with Gasteiger partial charge in [0.1, 0.15) is 11.6 Å². The number of hydrogen-bond donors (Lipinski definition) is 0. The van der Waals surface area contributed by atoms with E-state index < -0.39 is 11.6 Å². The summed E-state index contributed by atoms with van der Waals surface area (Å²) < 4.78 is 36.9. The summed E-state index contributed by atoms with van der Waals surface area (Å²) in [4.78, 5) is 16.7. The molecule has 2 aromatic rings. The van der Waals surface area contributed by atoms with Crippen LogP contribution in [0.1, 0.15) is 19.3 Å². The van der Waals surface area contributed by atoms with E-state index in [0.29, 0.717) is 19.4 Å². The Labute approximate surface area is 169 Å². The molecule has 0 atom stereocenters. The highest BCUT2D eigenvalue weighted by Crippen LogP contribution is 2.21. The molecular weight excluding hydrogens is 378 g/mol. The van der Waals surface area contributed by atoms with Crippen LogP contribution in [0.15, 0.2) is 42.5 Å². The molecule has 0 unspecified atom stereocenters. The van der Waals surface area contributed by atoms with Gasteiger partial charge in [0, 0.05) is 44.4 Å². The predicted octanol–water partition coefficient (Wildman–Crippen LogP) is 3.87. The average molecular weight is 404 g/mol. The standard InChI is InChI=1S/C22H26F2N2O3/c1-28-19-8-6-18(7-9-19)25-11-3-12-26(14-13-25)22(27)4-2-15-29-21-10-5-17(23)16-20(21)24/h5-10,16H,2-4,11-15H2,1H3. The number of benzene rings is 2. The molecule has 1 heterocycles. The lowest BCUT2D eigenvalue weighted by atomic mass is 10.2. The van der Waals surface area contributed by atoms with Crippen molar-refractivity contribution >= 4 is 11.6 Å². The molecule has 2 aromatic carbocycles. The quantitative estimate of drug-likeness (QED) is 0.657. The van der Waals surface area contributed by atoms with Crippen molar-refractivity contribution in [1.82, 2.24) is 4.90 Å². The highest BCUT2D eigenvalue weighted by atomic mass is 19.1. The van der Waals surface area contributed by atoms with Gasteiger partial charge in [0.2, 0.25) is 5.91 Å². The van der Waals surface area contributed by atoms with Gasteiger partial charge in [-0.1, -0.05) is 0 Å². The zero-order valence-electron chi connectivity index (χ0n) is 16.6. The molecule has 29 heavy (non-hydrogen) atoms. The number of halogens is 2. The minimum absolute atomic E-state index is 0.00348. The highest BCUT2D eigenvalue weighted by molar-refractivity contribution is 5.76. The first-order valence-corrected chi connectivity index (χ1v) is 9.81. The lowest BCUT2D eigenvalue weighted by Crippen LogP contribution is -2.35. The fourth-order valence-electron chi connectivity index (χ4n) is 3.37. The summed E-state index contributed by atoms with van der Waals surface area (Å²) in [7, 11) is 1.64. The summed E-state index contributed by atoms with van der Waals surface area (Å²) in [6.07, 6.45) is 1.72. The number of amides is 1. The van der Waals surface area contributed by atoms with Crippen molar-refractivity contribution in [2.24, 2.45) is 0 Å². The Kier molecular flexibility index (Phi) is 7.27. The Bertz CT molecular complexity index is 814. The molecule has 156 valence electrons. The van der Waals surface area contributed by atoms with E-state index in [2.05, 4.69) is 4.90 Å². The van der Waals surface area contributed by atoms with Crippen molar-refractivity contribution in [2.75, 3.05) is 44.8 Å². The van der Waals surface area contributed by atoms with Gasteiger partial charge in [-0.3, -0.25) is 4.79 Å². The normalized spacial score (nSPS) is 14.4. The maximum absolute atomic E-state index is 13.5. The van der Waals surface area contributed by atoms with Crippen molar-refractivity contribution in [2.45, 2.75) is 19.3 Å². The molecule has 0 aromatic heterocycles. The number of rotatable bonds is 7. The summed E-state index contributed by atoms with van der Waals surface area (Å²) >= 11 is 0. The van der Waals surface area contributed by atoms with Crippen LogP contribution in [0.25, 0.3) is 0 Å². The van der Waals surface area contributed by atoms with E-state index in [-0.39, 0.29) is 18.3 Å². The highest BCUT2D eigenvalue weighted by Gasteiger charge is 2.19. The Morgan fingerprint density at radius 1 is 1.03 bits per heavy atom. The Balaban J connectivity index is 1.43. The van der Waals surface area contributed by atoms with E-state index in [1.165, 1.54) is 6.07 Å². The van der Waals surface area contributed by atoms with Crippen LogP contribution in [0.4, 0.5) is 14.5 Å². The van der Waals surface area contributed by atoms with E-state index >= 15 is 0 Å². The first-order valence-electron chi connectivity index (χ1n) is 9.81. The van der Waals surface area contributed by atoms with Gasteiger partial charge in [0.15, 0.2) is 11.6 Å². The SMILES string of the molecule is COc1ccc(N2CCCN(C(=O)CCCOc3ccc(F)cc3F)CC2)cc1. The Morgan fingerprint density at radius 2 is 1.83 bits per heavy atom. The van der Waals surface area contributed by atoms with Gasteiger partial charge in [-0.25, -0.2) is 8.78 Å². The van der Waals surface area contributed by atoms with E-state index in [4.69, 9.17) is 9.47 Å². The van der Waals surface area contributed by atoms with Crippen LogP contribution in [0.5, 0.6) is 11.5 Å². The van der Waals surface area contributed by atoms with Gasteiger partial charge < -0.3 is 19.3 Å². The third-order valence-corrected chi connectivity index (χ3v) is 4.97. The average Bonchev–Trinajstić information content (AvgIpc) is 2.99. The molecule has 5 nitrogen and oxygen atoms in total. The molecule has 0 radical (unpaired) electrons. The number of carbonyl (C=O) groups is 1. The molecule has 1 aliphatic heterocycles. The monoisotopic (exact) mass is 404 g/mol. The zero-order valence-corrected chi connectivity index (χ0v) is 16.6. The topological polar surface area (TPSA) is 42.0 Å². The molecule has 1 aliphatic rings. The smallest absolute Gasteiger partial charge is 0.222 e. The fourth-order valence-corrected chi connectivity index (χ4v) is 3.37. The molecule has 1 amide bonds. The Hall–Kier alpha value is -2.83. The second kappa shape index (κ2) is 10.1. The molecule has 1 fully saturated rings. The predicted molar refractivity (Wildman–Crippen MR) is 107 cm³/mol. The summed E-state index contributed by atoms with van der Waals surface area (Å²) in [6.45, 7) is 3.26. The summed E-state index contributed by atoms with van der Waals surface area (Å²) in [6, 6.07) is 11.1. The minimum atomic E-state index is -0.734. The molecule has 0 saturated carbocycles. The van der Waals surface area contributed by atoms with Gasteiger partial charge in [0.25, 0.3) is 0 Å². The van der Waals surface area contributed by atoms with Gasteiger partial charge >= 0.3 is 0 Å². The van der Waals surface area contributed by atoms with Crippen molar-refractivity contribution in [3.63, 3.8) is 0 Å². The fraction of sp³-hybridized carbons (Fsp3) is 0.409. The second-order valence-corrected chi connectivity index (χ2v) is 6.95. The van der Waals surface area contributed by atoms with Crippen molar-refractivity contribution in [1.29, 1.82) is 0 Å². The van der Waals surface area contributed by atoms with Crippen molar-refractivity contribution < 1.29 is 23.0 Å². The van der Waals surface area contributed by atoms with E-state index in [1.807, 2.05) is 29.2 Å². The maximum Gasteiger partial charge on any atom is 0.222 e. The molecule has 0 N–H and O–H groups in total. The third kappa shape index (κ3) is 5.82. The number of ether oxygens (including phenoxy) is 2. The van der Waals surface area contributed by atoms with Crippen molar-refractivity contribution in [3.05, 3.63) is 54.1 Å². The molecule has 0 aliphatic carbocycles. The van der Waals surface area contributed by atoms with Crippen LogP contribution < -0.4 is 14.4 Å². The number of carbonyl (C=O) groups excluding carboxylic acids is 1. The van der Waals surface area contributed by atoms with Crippen LogP contribution in [0.3, 0.4) is 0 Å².